The normalized spacial score (nSPS) is 10.3. The van der Waals surface area contributed by atoms with Crippen molar-refractivity contribution in [3.63, 3.8) is 0 Å². The van der Waals surface area contributed by atoms with Gasteiger partial charge in [-0.3, -0.25) is 0 Å². The van der Waals surface area contributed by atoms with Gasteiger partial charge in [-0.05, 0) is 32.4 Å². The number of hydrogen-bond acceptors (Lipinski definition) is 3. The summed E-state index contributed by atoms with van der Waals surface area (Å²) in [6, 6.07) is 10.3. The first kappa shape index (κ1) is 11.6. The molecule has 0 saturated carbocycles. The van der Waals surface area contributed by atoms with Crippen molar-refractivity contribution in [2.45, 2.75) is 20.8 Å². The molecule has 88 valence electrons. The standard InChI is InChI=1S/C14H17N3/c1-4-15-14-16-11(3)9-13(17-14)12-8-6-5-7-10(12)2/h5-9H,4H2,1-3H3,(H,15,16,17). The number of rotatable bonds is 3. The fraction of sp³-hybridized carbons (Fsp3) is 0.286. The van der Waals surface area contributed by atoms with Crippen molar-refractivity contribution >= 4 is 5.95 Å². The van der Waals surface area contributed by atoms with Gasteiger partial charge in [-0.2, -0.15) is 0 Å². The molecule has 1 aromatic heterocycles. The molecule has 0 amide bonds. The van der Waals surface area contributed by atoms with E-state index in [4.69, 9.17) is 0 Å². The van der Waals surface area contributed by atoms with E-state index < -0.39 is 0 Å². The van der Waals surface area contributed by atoms with E-state index in [2.05, 4.69) is 34.3 Å². The zero-order valence-corrected chi connectivity index (χ0v) is 10.5. The first-order chi connectivity index (χ1) is 8.20. The minimum absolute atomic E-state index is 0.700. The van der Waals surface area contributed by atoms with Gasteiger partial charge in [0.25, 0.3) is 0 Å². The molecule has 0 aliphatic heterocycles. The van der Waals surface area contributed by atoms with Crippen LogP contribution >= 0.6 is 0 Å². The Hall–Kier alpha value is -1.90. The summed E-state index contributed by atoms with van der Waals surface area (Å²) in [5.41, 5.74) is 4.35. The second-order valence-corrected chi connectivity index (χ2v) is 4.06. The van der Waals surface area contributed by atoms with Crippen LogP contribution in [0.3, 0.4) is 0 Å². The molecule has 2 aromatic rings. The molecule has 0 aliphatic carbocycles. The van der Waals surface area contributed by atoms with Crippen LogP contribution in [0.15, 0.2) is 30.3 Å². The molecule has 1 N–H and O–H groups in total. The van der Waals surface area contributed by atoms with Crippen molar-refractivity contribution in [2.24, 2.45) is 0 Å². The molecular weight excluding hydrogens is 210 g/mol. The van der Waals surface area contributed by atoms with Crippen LogP contribution in [0.5, 0.6) is 0 Å². The van der Waals surface area contributed by atoms with Crippen molar-refractivity contribution in [1.82, 2.24) is 9.97 Å². The van der Waals surface area contributed by atoms with E-state index in [0.717, 1.165) is 23.5 Å². The van der Waals surface area contributed by atoms with Gasteiger partial charge in [0.15, 0.2) is 0 Å². The van der Waals surface area contributed by atoms with Gasteiger partial charge >= 0.3 is 0 Å². The van der Waals surface area contributed by atoms with Crippen LogP contribution in [0.2, 0.25) is 0 Å². The zero-order valence-electron chi connectivity index (χ0n) is 10.5. The third-order valence-corrected chi connectivity index (χ3v) is 2.61. The van der Waals surface area contributed by atoms with E-state index in [9.17, 15) is 0 Å². The highest BCUT2D eigenvalue weighted by atomic mass is 15.1. The minimum atomic E-state index is 0.700. The summed E-state index contributed by atoms with van der Waals surface area (Å²) in [4.78, 5) is 8.89. The smallest absolute Gasteiger partial charge is 0.223 e. The Labute approximate surface area is 102 Å². The fourth-order valence-electron chi connectivity index (χ4n) is 1.80. The molecule has 17 heavy (non-hydrogen) atoms. The predicted octanol–water partition coefficient (Wildman–Crippen LogP) is 3.19. The van der Waals surface area contributed by atoms with E-state index in [1.165, 1.54) is 5.56 Å². The maximum Gasteiger partial charge on any atom is 0.223 e. The van der Waals surface area contributed by atoms with Crippen LogP contribution in [0, 0.1) is 13.8 Å². The molecule has 0 radical (unpaired) electrons. The number of benzene rings is 1. The number of nitrogens with one attached hydrogen (secondary N) is 1. The molecule has 1 aromatic carbocycles. The average Bonchev–Trinajstić information content (AvgIpc) is 2.29. The lowest BCUT2D eigenvalue weighted by Crippen LogP contribution is -2.04. The summed E-state index contributed by atoms with van der Waals surface area (Å²) in [7, 11) is 0. The number of anilines is 1. The number of aryl methyl sites for hydroxylation is 2. The fourth-order valence-corrected chi connectivity index (χ4v) is 1.80. The zero-order chi connectivity index (χ0) is 12.3. The van der Waals surface area contributed by atoms with Crippen LogP contribution < -0.4 is 5.32 Å². The summed E-state index contributed by atoms with van der Waals surface area (Å²) >= 11 is 0. The van der Waals surface area contributed by atoms with Crippen LogP contribution in [-0.2, 0) is 0 Å². The number of nitrogens with zero attached hydrogens (tertiary/aromatic N) is 2. The Morgan fingerprint density at radius 2 is 1.88 bits per heavy atom. The van der Waals surface area contributed by atoms with E-state index in [-0.39, 0.29) is 0 Å². The third kappa shape index (κ3) is 2.61. The lowest BCUT2D eigenvalue weighted by molar-refractivity contribution is 1.05. The highest BCUT2D eigenvalue weighted by Gasteiger charge is 2.05. The molecule has 0 spiro atoms. The maximum absolute atomic E-state index is 4.53. The Morgan fingerprint density at radius 3 is 2.59 bits per heavy atom. The minimum Gasteiger partial charge on any atom is -0.354 e. The Kier molecular flexibility index (Phi) is 3.38. The predicted molar refractivity (Wildman–Crippen MR) is 71.1 cm³/mol. The van der Waals surface area contributed by atoms with Crippen LogP contribution in [0.4, 0.5) is 5.95 Å². The van der Waals surface area contributed by atoms with Crippen LogP contribution in [-0.4, -0.2) is 16.5 Å². The van der Waals surface area contributed by atoms with Gasteiger partial charge in [-0.1, -0.05) is 24.3 Å². The molecule has 3 nitrogen and oxygen atoms in total. The third-order valence-electron chi connectivity index (χ3n) is 2.61. The highest BCUT2D eigenvalue weighted by Crippen LogP contribution is 2.22. The van der Waals surface area contributed by atoms with Gasteiger partial charge in [0, 0.05) is 17.8 Å². The van der Waals surface area contributed by atoms with Crippen molar-refractivity contribution in [3.05, 3.63) is 41.6 Å². The molecule has 0 aliphatic rings. The first-order valence-corrected chi connectivity index (χ1v) is 5.86. The molecule has 0 unspecified atom stereocenters. The molecule has 0 atom stereocenters. The Bertz CT molecular complexity index is 521. The first-order valence-electron chi connectivity index (χ1n) is 5.86. The molecular formula is C14H17N3. The lowest BCUT2D eigenvalue weighted by atomic mass is 10.1. The summed E-state index contributed by atoms with van der Waals surface area (Å²) in [6.45, 7) is 6.96. The van der Waals surface area contributed by atoms with E-state index >= 15 is 0 Å². The maximum atomic E-state index is 4.53. The van der Waals surface area contributed by atoms with E-state index in [1.807, 2.05) is 32.0 Å². The van der Waals surface area contributed by atoms with Gasteiger partial charge in [0.05, 0.1) is 5.69 Å². The van der Waals surface area contributed by atoms with Crippen LogP contribution in [0.25, 0.3) is 11.3 Å². The quantitative estimate of drug-likeness (QED) is 0.875. The number of hydrogen-bond donors (Lipinski definition) is 1. The Morgan fingerprint density at radius 1 is 1.12 bits per heavy atom. The lowest BCUT2D eigenvalue weighted by Gasteiger charge is -2.08. The van der Waals surface area contributed by atoms with Gasteiger partial charge < -0.3 is 5.32 Å². The van der Waals surface area contributed by atoms with Crippen molar-refractivity contribution in [3.8, 4) is 11.3 Å². The second-order valence-electron chi connectivity index (χ2n) is 4.06. The summed E-state index contributed by atoms with van der Waals surface area (Å²) in [6.07, 6.45) is 0. The molecule has 0 bridgehead atoms. The topological polar surface area (TPSA) is 37.8 Å². The molecule has 0 fully saturated rings. The van der Waals surface area contributed by atoms with Gasteiger partial charge in [0.1, 0.15) is 0 Å². The van der Waals surface area contributed by atoms with Crippen LogP contribution in [0.1, 0.15) is 18.2 Å². The highest BCUT2D eigenvalue weighted by molar-refractivity contribution is 5.64. The van der Waals surface area contributed by atoms with Crippen molar-refractivity contribution in [1.29, 1.82) is 0 Å². The van der Waals surface area contributed by atoms with Gasteiger partial charge in [0.2, 0.25) is 5.95 Å². The molecule has 3 heteroatoms. The van der Waals surface area contributed by atoms with Gasteiger partial charge in [-0.25, -0.2) is 9.97 Å². The van der Waals surface area contributed by atoms with Gasteiger partial charge in [-0.15, -0.1) is 0 Å². The SMILES string of the molecule is CCNc1nc(C)cc(-c2ccccc2C)n1. The van der Waals surface area contributed by atoms with E-state index in [0.29, 0.717) is 5.95 Å². The summed E-state index contributed by atoms with van der Waals surface area (Å²) in [5.74, 6) is 0.700. The molecule has 2 rings (SSSR count). The average molecular weight is 227 g/mol. The molecule has 1 heterocycles. The van der Waals surface area contributed by atoms with Crippen molar-refractivity contribution < 1.29 is 0 Å². The summed E-state index contributed by atoms with van der Waals surface area (Å²) in [5, 5.41) is 3.16. The number of aromatic nitrogens is 2. The second kappa shape index (κ2) is 4.95. The van der Waals surface area contributed by atoms with E-state index in [1.54, 1.807) is 0 Å². The largest absolute Gasteiger partial charge is 0.354 e. The monoisotopic (exact) mass is 227 g/mol. The Balaban J connectivity index is 2.48. The molecule has 0 saturated heterocycles. The summed E-state index contributed by atoms with van der Waals surface area (Å²) < 4.78 is 0. The van der Waals surface area contributed by atoms with Crippen molar-refractivity contribution in [2.75, 3.05) is 11.9 Å².